The second kappa shape index (κ2) is 6.44. The van der Waals surface area contributed by atoms with Gasteiger partial charge in [0.05, 0.1) is 0 Å². The summed E-state index contributed by atoms with van der Waals surface area (Å²) >= 11 is 0. The smallest absolute Gasteiger partial charge is 0.0465 e. The summed E-state index contributed by atoms with van der Waals surface area (Å²) in [7, 11) is 0. The van der Waals surface area contributed by atoms with Gasteiger partial charge in [-0.05, 0) is 30.4 Å². The molecule has 0 aliphatic carbocycles. The van der Waals surface area contributed by atoms with Crippen molar-refractivity contribution >= 4 is 16.5 Å². The molecule has 3 rings (SSSR count). The van der Waals surface area contributed by atoms with Crippen LogP contribution >= 0.6 is 0 Å². The number of hydrogen-bond donors (Lipinski definition) is 1. The maximum Gasteiger partial charge on any atom is 0.0465 e. The number of anilines is 1. The fraction of sp³-hybridized carbons (Fsp3) is 0.500. The first-order valence-electron chi connectivity index (χ1n) is 8.16. The molecule has 1 aromatic carbocycles. The number of fused-ring (bicyclic) bond motifs is 1. The highest BCUT2D eigenvalue weighted by Crippen LogP contribution is 2.29. The standard InChI is InChI=1S/C18H25N3/c1-3-6-15-13-21(16(4-2)11-20-15)18-8-5-7-14-9-10-19-12-17(14)18/h5,7-10,12,15-16,20H,3-4,6,11,13H2,1-2H3. The summed E-state index contributed by atoms with van der Waals surface area (Å²) in [6.07, 6.45) is 7.53. The summed E-state index contributed by atoms with van der Waals surface area (Å²) in [6.45, 7) is 6.72. The average Bonchev–Trinajstić information content (AvgIpc) is 2.54. The van der Waals surface area contributed by atoms with E-state index in [1.807, 2.05) is 12.4 Å². The minimum absolute atomic E-state index is 0.573. The van der Waals surface area contributed by atoms with Crippen molar-refractivity contribution in [3.8, 4) is 0 Å². The fourth-order valence-electron chi connectivity index (χ4n) is 3.41. The Hall–Kier alpha value is -1.61. The first-order chi connectivity index (χ1) is 10.3. The van der Waals surface area contributed by atoms with Gasteiger partial charge in [-0.3, -0.25) is 4.98 Å². The Kier molecular flexibility index (Phi) is 4.39. The summed E-state index contributed by atoms with van der Waals surface area (Å²) in [5.41, 5.74) is 1.34. The molecule has 0 radical (unpaired) electrons. The van der Waals surface area contributed by atoms with Crippen molar-refractivity contribution in [3.63, 3.8) is 0 Å². The van der Waals surface area contributed by atoms with Crippen molar-refractivity contribution in [1.82, 2.24) is 10.3 Å². The molecule has 2 atom stereocenters. The highest BCUT2D eigenvalue weighted by molar-refractivity contribution is 5.93. The second-order valence-electron chi connectivity index (χ2n) is 5.98. The van der Waals surface area contributed by atoms with E-state index in [0.717, 1.165) is 13.1 Å². The molecule has 2 heterocycles. The quantitative estimate of drug-likeness (QED) is 0.929. The van der Waals surface area contributed by atoms with Gasteiger partial charge in [0.15, 0.2) is 0 Å². The van der Waals surface area contributed by atoms with Gasteiger partial charge < -0.3 is 10.2 Å². The van der Waals surface area contributed by atoms with Crippen molar-refractivity contribution in [2.24, 2.45) is 0 Å². The highest BCUT2D eigenvalue weighted by Gasteiger charge is 2.27. The molecule has 0 amide bonds. The lowest BCUT2D eigenvalue weighted by Crippen LogP contribution is -2.56. The summed E-state index contributed by atoms with van der Waals surface area (Å²) in [5.74, 6) is 0. The van der Waals surface area contributed by atoms with E-state index in [-0.39, 0.29) is 0 Å². The average molecular weight is 283 g/mol. The van der Waals surface area contributed by atoms with Gasteiger partial charge in [-0.1, -0.05) is 32.4 Å². The van der Waals surface area contributed by atoms with E-state index < -0.39 is 0 Å². The van der Waals surface area contributed by atoms with Crippen LogP contribution in [0.5, 0.6) is 0 Å². The molecular weight excluding hydrogens is 258 g/mol. The van der Waals surface area contributed by atoms with Crippen molar-refractivity contribution in [2.75, 3.05) is 18.0 Å². The minimum Gasteiger partial charge on any atom is -0.365 e. The van der Waals surface area contributed by atoms with Crippen molar-refractivity contribution in [2.45, 2.75) is 45.2 Å². The number of rotatable bonds is 4. The maximum atomic E-state index is 4.33. The summed E-state index contributed by atoms with van der Waals surface area (Å²) < 4.78 is 0. The number of pyridine rings is 1. The van der Waals surface area contributed by atoms with Gasteiger partial charge in [0.2, 0.25) is 0 Å². The van der Waals surface area contributed by atoms with Crippen LogP contribution in [0.1, 0.15) is 33.1 Å². The first kappa shape index (κ1) is 14.3. The lowest BCUT2D eigenvalue weighted by molar-refractivity contribution is 0.370. The number of nitrogens with one attached hydrogen (secondary N) is 1. The van der Waals surface area contributed by atoms with E-state index in [1.165, 1.54) is 35.7 Å². The Bertz CT molecular complexity index is 591. The number of hydrogen-bond acceptors (Lipinski definition) is 3. The van der Waals surface area contributed by atoms with E-state index in [0.29, 0.717) is 12.1 Å². The van der Waals surface area contributed by atoms with Crippen molar-refractivity contribution in [3.05, 3.63) is 36.7 Å². The van der Waals surface area contributed by atoms with Gasteiger partial charge >= 0.3 is 0 Å². The van der Waals surface area contributed by atoms with Crippen LogP contribution in [0, 0.1) is 0 Å². The zero-order valence-electron chi connectivity index (χ0n) is 13.0. The summed E-state index contributed by atoms with van der Waals surface area (Å²) in [5, 5.41) is 6.27. The summed E-state index contributed by atoms with van der Waals surface area (Å²) in [6, 6.07) is 9.87. The summed E-state index contributed by atoms with van der Waals surface area (Å²) in [4.78, 5) is 6.93. The topological polar surface area (TPSA) is 28.2 Å². The van der Waals surface area contributed by atoms with Gasteiger partial charge in [-0.2, -0.15) is 0 Å². The largest absolute Gasteiger partial charge is 0.365 e. The van der Waals surface area contributed by atoms with Gasteiger partial charge in [-0.15, -0.1) is 0 Å². The van der Waals surface area contributed by atoms with Crippen LogP contribution in [-0.2, 0) is 0 Å². The van der Waals surface area contributed by atoms with Crippen LogP contribution in [0.25, 0.3) is 10.8 Å². The van der Waals surface area contributed by atoms with Crippen LogP contribution in [0.15, 0.2) is 36.7 Å². The third-order valence-corrected chi connectivity index (χ3v) is 4.58. The molecule has 2 unspecified atom stereocenters. The monoisotopic (exact) mass is 283 g/mol. The molecule has 0 saturated carbocycles. The molecule has 1 aliphatic heterocycles. The molecule has 21 heavy (non-hydrogen) atoms. The normalized spacial score (nSPS) is 22.7. The van der Waals surface area contributed by atoms with Gasteiger partial charge in [0, 0.05) is 48.6 Å². The highest BCUT2D eigenvalue weighted by atomic mass is 15.2. The van der Waals surface area contributed by atoms with Crippen LogP contribution in [0.3, 0.4) is 0 Å². The molecule has 1 aromatic heterocycles. The molecule has 1 aliphatic rings. The van der Waals surface area contributed by atoms with Gasteiger partial charge in [0.1, 0.15) is 0 Å². The lowest BCUT2D eigenvalue weighted by atomic mass is 10.0. The van der Waals surface area contributed by atoms with E-state index in [2.05, 4.69) is 53.3 Å². The molecule has 1 saturated heterocycles. The zero-order chi connectivity index (χ0) is 14.7. The Morgan fingerprint density at radius 1 is 1.29 bits per heavy atom. The molecular formula is C18H25N3. The molecule has 1 fully saturated rings. The van der Waals surface area contributed by atoms with E-state index in [9.17, 15) is 0 Å². The zero-order valence-corrected chi connectivity index (χ0v) is 13.0. The molecule has 2 aromatic rings. The Morgan fingerprint density at radius 3 is 3.00 bits per heavy atom. The maximum absolute atomic E-state index is 4.33. The molecule has 3 nitrogen and oxygen atoms in total. The van der Waals surface area contributed by atoms with Gasteiger partial charge in [-0.25, -0.2) is 0 Å². The van der Waals surface area contributed by atoms with Crippen LogP contribution in [-0.4, -0.2) is 30.2 Å². The molecule has 0 bridgehead atoms. The third kappa shape index (κ3) is 2.88. The van der Waals surface area contributed by atoms with E-state index in [4.69, 9.17) is 0 Å². The molecule has 1 N–H and O–H groups in total. The Labute approximate surface area is 127 Å². The number of piperazine rings is 1. The molecule has 112 valence electrons. The third-order valence-electron chi connectivity index (χ3n) is 4.58. The van der Waals surface area contributed by atoms with Crippen molar-refractivity contribution < 1.29 is 0 Å². The number of benzene rings is 1. The van der Waals surface area contributed by atoms with Crippen molar-refractivity contribution in [1.29, 1.82) is 0 Å². The Balaban J connectivity index is 1.97. The molecule has 0 spiro atoms. The second-order valence-corrected chi connectivity index (χ2v) is 5.98. The predicted octanol–water partition coefficient (Wildman–Crippen LogP) is 3.59. The minimum atomic E-state index is 0.573. The fourth-order valence-corrected chi connectivity index (χ4v) is 3.41. The number of aromatic nitrogens is 1. The van der Waals surface area contributed by atoms with Crippen LogP contribution < -0.4 is 10.2 Å². The predicted molar refractivity (Wildman–Crippen MR) is 89.9 cm³/mol. The molecule has 3 heteroatoms. The lowest BCUT2D eigenvalue weighted by Gasteiger charge is -2.42. The van der Waals surface area contributed by atoms with Crippen LogP contribution in [0.4, 0.5) is 5.69 Å². The Morgan fingerprint density at radius 2 is 2.19 bits per heavy atom. The first-order valence-corrected chi connectivity index (χ1v) is 8.16. The van der Waals surface area contributed by atoms with E-state index >= 15 is 0 Å². The van der Waals surface area contributed by atoms with E-state index in [1.54, 1.807) is 0 Å². The SMILES string of the molecule is CCCC1CN(c2cccc3ccncc23)C(CC)CN1. The number of nitrogens with zero attached hydrogens (tertiary/aromatic N) is 2. The van der Waals surface area contributed by atoms with Crippen LogP contribution in [0.2, 0.25) is 0 Å². The van der Waals surface area contributed by atoms with Gasteiger partial charge in [0.25, 0.3) is 0 Å².